The maximum absolute atomic E-state index is 11.4. The van der Waals surface area contributed by atoms with Gasteiger partial charge in [0.2, 0.25) is 0 Å². The molecular weight excluding hydrogens is 216 g/mol. The normalized spacial score (nSPS) is 9.53. The van der Waals surface area contributed by atoms with Crippen LogP contribution in [-0.4, -0.2) is 20.0 Å². The minimum atomic E-state index is -0.239. The Morgan fingerprint density at radius 1 is 1.33 bits per heavy atom. The Bertz CT molecular complexity index is 399. The molecule has 0 bridgehead atoms. The molecule has 4 heteroatoms. The van der Waals surface area contributed by atoms with E-state index in [2.05, 4.69) is 6.58 Å². The van der Waals surface area contributed by atoms with Crippen LogP contribution >= 0.6 is 11.6 Å². The molecule has 0 radical (unpaired) electrons. The highest BCUT2D eigenvalue weighted by molar-refractivity contribution is 6.32. The van der Waals surface area contributed by atoms with Crippen LogP contribution in [0.2, 0.25) is 5.02 Å². The van der Waals surface area contributed by atoms with Crippen LogP contribution in [0, 0.1) is 0 Å². The molecule has 0 atom stereocenters. The summed E-state index contributed by atoms with van der Waals surface area (Å²) in [5, 5.41) is 0.364. The zero-order valence-corrected chi connectivity index (χ0v) is 9.30. The molecule has 0 saturated carbocycles. The lowest BCUT2D eigenvalue weighted by atomic mass is 10.1. The van der Waals surface area contributed by atoms with Gasteiger partial charge in [0.1, 0.15) is 11.5 Å². The van der Waals surface area contributed by atoms with Gasteiger partial charge in [-0.3, -0.25) is 4.79 Å². The molecule has 3 nitrogen and oxygen atoms in total. The molecule has 0 aliphatic rings. The summed E-state index contributed by atoms with van der Waals surface area (Å²) in [4.78, 5) is 11.4. The summed E-state index contributed by atoms with van der Waals surface area (Å²) in [5.74, 6) is 0.645. The molecule has 0 heterocycles. The largest absolute Gasteiger partial charge is 0.496 e. The average Bonchev–Trinajstić information content (AvgIpc) is 2.27. The highest BCUT2D eigenvalue weighted by Gasteiger charge is 2.13. The number of allylic oxidation sites excluding steroid dienone is 1. The first-order valence-corrected chi connectivity index (χ1v) is 4.60. The maximum Gasteiger partial charge on any atom is 0.189 e. The molecule has 0 N–H and O–H groups in total. The van der Waals surface area contributed by atoms with E-state index in [1.165, 1.54) is 26.4 Å². The first-order chi connectivity index (χ1) is 7.13. The van der Waals surface area contributed by atoms with Crippen molar-refractivity contribution in [3.05, 3.63) is 35.4 Å². The highest BCUT2D eigenvalue weighted by Crippen LogP contribution is 2.32. The van der Waals surface area contributed by atoms with E-state index in [0.717, 1.165) is 0 Å². The van der Waals surface area contributed by atoms with Crippen molar-refractivity contribution >= 4 is 17.4 Å². The van der Waals surface area contributed by atoms with Crippen molar-refractivity contribution in [3.63, 3.8) is 0 Å². The number of ketones is 1. The van der Waals surface area contributed by atoms with Crippen LogP contribution in [0.4, 0.5) is 0 Å². The fourth-order valence-electron chi connectivity index (χ4n) is 1.16. The second-order valence-electron chi connectivity index (χ2n) is 2.76. The summed E-state index contributed by atoms with van der Waals surface area (Å²) in [6, 6.07) is 3.07. The lowest BCUT2D eigenvalue weighted by Gasteiger charge is -2.09. The monoisotopic (exact) mass is 226 g/mol. The summed E-state index contributed by atoms with van der Waals surface area (Å²) in [5.41, 5.74) is 0.373. The predicted molar refractivity (Wildman–Crippen MR) is 59.1 cm³/mol. The molecule has 1 aromatic rings. The standard InChI is InChI=1S/C11H11ClO3/c1-4-9(13)7-5-8(12)11(15-3)6-10(7)14-2/h4-6H,1H2,2-3H3. The van der Waals surface area contributed by atoms with Crippen LogP contribution in [0.5, 0.6) is 11.5 Å². The lowest BCUT2D eigenvalue weighted by molar-refractivity contribution is 0.104. The Balaban J connectivity index is 3.33. The van der Waals surface area contributed by atoms with Crippen LogP contribution in [-0.2, 0) is 0 Å². The van der Waals surface area contributed by atoms with Gasteiger partial charge in [0, 0.05) is 6.07 Å². The fraction of sp³-hybridized carbons (Fsp3) is 0.182. The first-order valence-electron chi connectivity index (χ1n) is 4.22. The fourth-order valence-corrected chi connectivity index (χ4v) is 1.40. The van der Waals surface area contributed by atoms with Crippen molar-refractivity contribution in [2.45, 2.75) is 0 Å². The van der Waals surface area contributed by atoms with E-state index < -0.39 is 0 Å². The Morgan fingerprint density at radius 3 is 2.40 bits per heavy atom. The Kier molecular flexibility index (Phi) is 3.74. The molecule has 0 aliphatic carbocycles. The number of benzene rings is 1. The van der Waals surface area contributed by atoms with Gasteiger partial charge in [-0.25, -0.2) is 0 Å². The number of methoxy groups -OCH3 is 2. The molecule has 15 heavy (non-hydrogen) atoms. The number of rotatable bonds is 4. The van der Waals surface area contributed by atoms with Crippen molar-refractivity contribution in [2.24, 2.45) is 0 Å². The van der Waals surface area contributed by atoms with Crippen LogP contribution < -0.4 is 9.47 Å². The van der Waals surface area contributed by atoms with Crippen molar-refractivity contribution in [1.29, 1.82) is 0 Å². The third-order valence-electron chi connectivity index (χ3n) is 1.92. The SMILES string of the molecule is C=CC(=O)c1cc(Cl)c(OC)cc1OC. The van der Waals surface area contributed by atoms with E-state index in [1.807, 2.05) is 0 Å². The zero-order valence-electron chi connectivity index (χ0n) is 8.54. The lowest BCUT2D eigenvalue weighted by Crippen LogP contribution is -1.99. The molecular formula is C11H11ClO3. The van der Waals surface area contributed by atoms with E-state index in [9.17, 15) is 4.79 Å². The molecule has 0 aliphatic heterocycles. The number of hydrogen-bond donors (Lipinski definition) is 0. The Labute approximate surface area is 93.3 Å². The van der Waals surface area contributed by atoms with Crippen LogP contribution in [0.25, 0.3) is 0 Å². The van der Waals surface area contributed by atoms with E-state index in [0.29, 0.717) is 22.1 Å². The first kappa shape index (κ1) is 11.6. The van der Waals surface area contributed by atoms with Gasteiger partial charge in [-0.2, -0.15) is 0 Å². The molecule has 1 rings (SSSR count). The van der Waals surface area contributed by atoms with Gasteiger partial charge in [0.25, 0.3) is 0 Å². The molecule has 0 fully saturated rings. The summed E-state index contributed by atoms with van der Waals surface area (Å²) >= 11 is 5.89. The summed E-state index contributed by atoms with van der Waals surface area (Å²) < 4.78 is 10.1. The van der Waals surface area contributed by atoms with Gasteiger partial charge in [-0.05, 0) is 12.1 Å². The predicted octanol–water partition coefficient (Wildman–Crippen LogP) is 2.73. The number of ether oxygens (including phenoxy) is 2. The van der Waals surface area contributed by atoms with E-state index >= 15 is 0 Å². The average molecular weight is 227 g/mol. The van der Waals surface area contributed by atoms with Crippen molar-refractivity contribution < 1.29 is 14.3 Å². The zero-order chi connectivity index (χ0) is 11.4. The second kappa shape index (κ2) is 4.84. The van der Waals surface area contributed by atoms with E-state index in [4.69, 9.17) is 21.1 Å². The van der Waals surface area contributed by atoms with Gasteiger partial charge >= 0.3 is 0 Å². The number of carbonyl (C=O) groups excluding carboxylic acids is 1. The van der Waals surface area contributed by atoms with E-state index in [-0.39, 0.29) is 5.78 Å². The smallest absolute Gasteiger partial charge is 0.189 e. The van der Waals surface area contributed by atoms with Crippen molar-refractivity contribution in [3.8, 4) is 11.5 Å². The van der Waals surface area contributed by atoms with Crippen LogP contribution in [0.15, 0.2) is 24.8 Å². The van der Waals surface area contributed by atoms with Gasteiger partial charge in [0.15, 0.2) is 5.78 Å². The highest BCUT2D eigenvalue weighted by atomic mass is 35.5. The molecule has 0 unspecified atom stereocenters. The topological polar surface area (TPSA) is 35.5 Å². The van der Waals surface area contributed by atoms with Crippen LogP contribution in [0.3, 0.4) is 0 Å². The second-order valence-corrected chi connectivity index (χ2v) is 3.16. The molecule has 80 valence electrons. The molecule has 0 amide bonds. The third kappa shape index (κ3) is 2.30. The Morgan fingerprint density at radius 2 is 1.93 bits per heavy atom. The summed E-state index contributed by atoms with van der Waals surface area (Å²) in [7, 11) is 2.97. The molecule has 0 saturated heterocycles. The van der Waals surface area contributed by atoms with Gasteiger partial charge in [-0.15, -0.1) is 0 Å². The van der Waals surface area contributed by atoms with Gasteiger partial charge < -0.3 is 9.47 Å². The third-order valence-corrected chi connectivity index (χ3v) is 2.22. The molecule has 1 aromatic carbocycles. The Hall–Kier alpha value is -1.48. The summed E-state index contributed by atoms with van der Waals surface area (Å²) in [6.45, 7) is 3.41. The number of halogens is 1. The van der Waals surface area contributed by atoms with E-state index in [1.54, 1.807) is 6.07 Å². The maximum atomic E-state index is 11.4. The minimum absolute atomic E-state index is 0.239. The minimum Gasteiger partial charge on any atom is -0.496 e. The van der Waals surface area contributed by atoms with Crippen LogP contribution in [0.1, 0.15) is 10.4 Å². The summed E-state index contributed by atoms with van der Waals surface area (Å²) in [6.07, 6.45) is 1.21. The van der Waals surface area contributed by atoms with Gasteiger partial charge in [-0.1, -0.05) is 18.2 Å². The van der Waals surface area contributed by atoms with Crippen molar-refractivity contribution in [2.75, 3.05) is 14.2 Å². The van der Waals surface area contributed by atoms with Crippen molar-refractivity contribution in [1.82, 2.24) is 0 Å². The molecule has 0 aromatic heterocycles. The number of hydrogen-bond acceptors (Lipinski definition) is 3. The molecule has 0 spiro atoms. The van der Waals surface area contributed by atoms with Gasteiger partial charge in [0.05, 0.1) is 24.8 Å². The quantitative estimate of drug-likeness (QED) is 0.585. The number of carbonyl (C=O) groups is 1.